The maximum atomic E-state index is 14.4. The SMILES string of the molecule is CC/C=C\N=C1C=C(CNC2=CNCC(C(F)(F)F)=C2N2CCNCC2)C(F)=CC1=N.OC1=C(N2CCNCC2)C(NCc2cc3nccnc3cc2F)=CNC1. The van der Waals surface area contributed by atoms with E-state index in [1.54, 1.807) is 29.6 Å². The fourth-order valence-electron chi connectivity index (χ4n) is 6.75. The number of aliphatic imine (C=N–C) groups is 1. The van der Waals surface area contributed by atoms with Gasteiger partial charge in [0.2, 0.25) is 0 Å². The van der Waals surface area contributed by atoms with E-state index in [1.807, 2.05) is 19.2 Å². The lowest BCUT2D eigenvalue weighted by Crippen LogP contribution is -2.47. The van der Waals surface area contributed by atoms with Gasteiger partial charge < -0.3 is 46.8 Å². The Morgan fingerprint density at radius 2 is 1.46 bits per heavy atom. The number of rotatable bonds is 10. The standard InChI is InChI=1S/C21H26F4N6.C18H21FN6O/c1-2-3-4-29-18-9-14(16(22)10-17(18)26)11-30-19-13-28-12-15(21(23,24)25)20(19)31-7-5-27-6-8-31;19-13-8-15-14(22-1-2-23-15)7-12(13)9-24-16-10-21-11-17(26)18(16)25-5-3-20-4-6-25/h3-4,9-10,13,26-28,30H,2,5-8,11-12H2,1H3;1-2,7-8,10,20-21,24,26H,3-6,9,11H2/b4-3-,26-17?,29-18?;. The predicted molar refractivity (Wildman–Crippen MR) is 210 cm³/mol. The van der Waals surface area contributed by atoms with Gasteiger partial charge in [-0.25, -0.2) is 8.78 Å². The Kier molecular flexibility index (Phi) is 13.6. The maximum Gasteiger partial charge on any atom is 0.416 e. The molecule has 8 N–H and O–H groups in total. The molecule has 1 aromatic heterocycles. The largest absolute Gasteiger partial charge is 0.508 e. The number of nitrogens with one attached hydrogen (secondary N) is 7. The number of halogens is 5. The molecule has 0 unspecified atom stereocenters. The molecule has 2 saturated heterocycles. The average Bonchev–Trinajstić information content (AvgIpc) is 3.21. The summed E-state index contributed by atoms with van der Waals surface area (Å²) in [6.45, 7) is 7.71. The van der Waals surface area contributed by atoms with Crippen LogP contribution in [0.4, 0.5) is 22.0 Å². The van der Waals surface area contributed by atoms with Gasteiger partial charge in [0.05, 0.1) is 51.7 Å². The molecule has 0 bridgehead atoms. The highest BCUT2D eigenvalue weighted by Crippen LogP contribution is 2.34. The van der Waals surface area contributed by atoms with Crippen molar-refractivity contribution in [2.24, 2.45) is 4.99 Å². The van der Waals surface area contributed by atoms with Crippen LogP contribution < -0.4 is 31.9 Å². The van der Waals surface area contributed by atoms with Crippen molar-refractivity contribution in [2.45, 2.75) is 26.1 Å². The first-order chi connectivity index (χ1) is 27.5. The maximum absolute atomic E-state index is 14.4. The second-order valence-corrected chi connectivity index (χ2v) is 13.6. The Hall–Kier alpha value is -5.75. The van der Waals surface area contributed by atoms with E-state index in [9.17, 15) is 27.1 Å². The highest BCUT2D eigenvalue weighted by Gasteiger charge is 2.40. The Morgan fingerprint density at radius 1 is 0.860 bits per heavy atom. The first-order valence-corrected chi connectivity index (χ1v) is 18.8. The first kappa shape index (κ1) is 40.9. The summed E-state index contributed by atoms with van der Waals surface area (Å²) >= 11 is 0. The summed E-state index contributed by atoms with van der Waals surface area (Å²) in [5.74, 6) is -0.641. The van der Waals surface area contributed by atoms with Crippen molar-refractivity contribution in [3.63, 3.8) is 0 Å². The van der Waals surface area contributed by atoms with E-state index < -0.39 is 17.6 Å². The van der Waals surface area contributed by atoms with E-state index in [1.165, 1.54) is 18.3 Å². The minimum Gasteiger partial charge on any atom is -0.508 e. The number of benzene rings is 1. The van der Waals surface area contributed by atoms with E-state index in [2.05, 4.69) is 51.8 Å². The van der Waals surface area contributed by atoms with Gasteiger partial charge >= 0.3 is 6.18 Å². The summed E-state index contributed by atoms with van der Waals surface area (Å²) in [5.41, 5.74) is 3.41. The van der Waals surface area contributed by atoms with Crippen molar-refractivity contribution in [1.29, 1.82) is 5.41 Å². The Bertz CT molecular complexity index is 2050. The van der Waals surface area contributed by atoms with Gasteiger partial charge in [0, 0.05) is 126 Å². The summed E-state index contributed by atoms with van der Waals surface area (Å²) in [6.07, 6.45) is 8.63. The van der Waals surface area contributed by atoms with Crippen molar-refractivity contribution in [3.05, 3.63) is 118 Å². The van der Waals surface area contributed by atoms with E-state index >= 15 is 0 Å². The zero-order valence-electron chi connectivity index (χ0n) is 31.5. The van der Waals surface area contributed by atoms with Crippen LogP contribution in [0.2, 0.25) is 0 Å². The molecule has 2 aromatic rings. The number of dihydropyridines is 2. The van der Waals surface area contributed by atoms with Crippen molar-refractivity contribution >= 4 is 22.5 Å². The fourth-order valence-corrected chi connectivity index (χ4v) is 6.75. The smallest absolute Gasteiger partial charge is 0.416 e. The monoisotopic (exact) mass is 794 g/mol. The highest BCUT2D eigenvalue weighted by molar-refractivity contribution is 6.50. The first-order valence-electron chi connectivity index (χ1n) is 18.8. The van der Waals surface area contributed by atoms with Crippen LogP contribution in [0.15, 0.2) is 112 Å². The molecule has 1 aliphatic carbocycles. The van der Waals surface area contributed by atoms with Gasteiger partial charge in [0.15, 0.2) is 0 Å². The number of allylic oxidation sites excluding steroid dienone is 3. The van der Waals surface area contributed by atoms with Crippen molar-refractivity contribution in [1.82, 2.24) is 51.7 Å². The van der Waals surface area contributed by atoms with Crippen LogP contribution in [-0.4, -0.2) is 114 Å². The summed E-state index contributed by atoms with van der Waals surface area (Å²) in [6, 6.07) is 3.10. The molecule has 5 aliphatic rings. The number of aliphatic hydroxyl groups is 1. The van der Waals surface area contributed by atoms with Crippen LogP contribution in [0.3, 0.4) is 0 Å². The third kappa shape index (κ3) is 10.4. The van der Waals surface area contributed by atoms with Crippen molar-refractivity contribution in [2.75, 3.05) is 72.0 Å². The van der Waals surface area contributed by atoms with Gasteiger partial charge in [-0.2, -0.15) is 13.2 Å². The Balaban J connectivity index is 0.000000195. The lowest BCUT2D eigenvalue weighted by atomic mass is 10.0. The molecule has 4 aliphatic heterocycles. The van der Waals surface area contributed by atoms with Crippen LogP contribution in [0.25, 0.3) is 11.0 Å². The van der Waals surface area contributed by atoms with E-state index in [0.717, 1.165) is 50.1 Å². The number of fused-ring (bicyclic) bond motifs is 1. The van der Waals surface area contributed by atoms with Crippen LogP contribution in [-0.2, 0) is 6.54 Å². The number of hydrogen-bond acceptors (Lipinski definition) is 13. The van der Waals surface area contributed by atoms with E-state index in [4.69, 9.17) is 5.41 Å². The number of alkyl halides is 3. The molecule has 0 saturated carbocycles. The van der Waals surface area contributed by atoms with Crippen LogP contribution in [0.1, 0.15) is 18.9 Å². The molecule has 0 amide bonds. The van der Waals surface area contributed by atoms with Gasteiger partial charge in [0.25, 0.3) is 0 Å². The lowest BCUT2D eigenvalue weighted by molar-refractivity contribution is -0.0951. The summed E-state index contributed by atoms with van der Waals surface area (Å²) in [4.78, 5) is 16.4. The average molecular weight is 795 g/mol. The zero-order chi connectivity index (χ0) is 40.4. The summed E-state index contributed by atoms with van der Waals surface area (Å²) in [5, 5.41) is 36.6. The topological polar surface area (TPSA) is 161 Å². The summed E-state index contributed by atoms with van der Waals surface area (Å²) < 4.78 is 69.9. The lowest BCUT2D eigenvalue weighted by Gasteiger charge is -2.37. The molecule has 13 nitrogen and oxygen atoms in total. The molecule has 57 heavy (non-hydrogen) atoms. The molecular weight excluding hydrogens is 748 g/mol. The number of hydrogen-bond donors (Lipinski definition) is 8. The van der Waals surface area contributed by atoms with Crippen molar-refractivity contribution in [3.8, 4) is 0 Å². The van der Waals surface area contributed by atoms with Crippen molar-refractivity contribution < 1.29 is 27.1 Å². The molecule has 0 atom stereocenters. The minimum absolute atomic E-state index is 0.0413. The Labute approximate surface area is 327 Å². The van der Waals surface area contributed by atoms with Gasteiger partial charge in [0.1, 0.15) is 23.1 Å². The molecule has 5 heterocycles. The van der Waals surface area contributed by atoms with Crippen LogP contribution in [0.5, 0.6) is 0 Å². The molecule has 304 valence electrons. The second-order valence-electron chi connectivity index (χ2n) is 13.6. The fraction of sp³-hybridized carbons (Fsp3) is 0.385. The second kappa shape index (κ2) is 18.9. The number of aliphatic hydroxyl groups excluding tert-OH is 1. The highest BCUT2D eigenvalue weighted by atomic mass is 19.4. The quantitative estimate of drug-likeness (QED) is 0.130. The third-order valence-corrected chi connectivity index (χ3v) is 9.61. The van der Waals surface area contributed by atoms with Crippen LogP contribution >= 0.6 is 0 Å². The number of nitrogens with zero attached hydrogens (tertiary/aromatic N) is 5. The molecule has 1 aromatic carbocycles. The molecule has 0 spiro atoms. The van der Waals surface area contributed by atoms with E-state index in [0.29, 0.717) is 60.8 Å². The molecule has 0 radical (unpaired) electrons. The van der Waals surface area contributed by atoms with Crippen LogP contribution in [0, 0.1) is 11.2 Å². The normalized spacial score (nSPS) is 20.0. The van der Waals surface area contributed by atoms with Gasteiger partial charge in [-0.15, -0.1) is 0 Å². The number of piperazine rings is 2. The van der Waals surface area contributed by atoms with E-state index in [-0.39, 0.29) is 48.1 Å². The molecule has 18 heteroatoms. The minimum atomic E-state index is -4.48. The number of aromatic nitrogens is 2. The Morgan fingerprint density at radius 3 is 2.11 bits per heavy atom. The third-order valence-electron chi connectivity index (χ3n) is 9.61. The predicted octanol–water partition coefficient (Wildman–Crippen LogP) is 3.90. The molecule has 7 rings (SSSR count). The zero-order valence-corrected chi connectivity index (χ0v) is 31.5. The molecule has 2 fully saturated rings. The van der Waals surface area contributed by atoms with Gasteiger partial charge in [-0.1, -0.05) is 13.0 Å². The van der Waals surface area contributed by atoms with Gasteiger partial charge in [-0.3, -0.25) is 20.4 Å². The molecular formula is C39H47F5N12O. The summed E-state index contributed by atoms with van der Waals surface area (Å²) in [7, 11) is 0. The van der Waals surface area contributed by atoms with Gasteiger partial charge in [-0.05, 0) is 18.6 Å².